The van der Waals surface area contributed by atoms with E-state index in [1.54, 1.807) is 0 Å². The van der Waals surface area contributed by atoms with E-state index < -0.39 is 0 Å². The molecule has 1 aliphatic rings. The smallest absolute Gasteiger partial charge is 0.257 e. The Hall–Kier alpha value is -1.43. The summed E-state index contributed by atoms with van der Waals surface area (Å²) in [6, 6.07) is 8.78. The van der Waals surface area contributed by atoms with Crippen LogP contribution in [0.4, 0.5) is 0 Å². The maximum absolute atomic E-state index is 5.42. The van der Waals surface area contributed by atoms with E-state index in [-0.39, 0.29) is 12.4 Å². The predicted octanol–water partition coefficient (Wildman–Crippen LogP) is 2.90. The number of rotatable bonds is 6. The summed E-state index contributed by atoms with van der Waals surface area (Å²) < 4.78 is 5.42. The molecule has 1 aromatic carbocycles. The van der Waals surface area contributed by atoms with Crippen molar-refractivity contribution >= 4 is 12.4 Å². The van der Waals surface area contributed by atoms with Crippen molar-refractivity contribution in [1.29, 1.82) is 0 Å². The highest BCUT2D eigenvalue weighted by molar-refractivity contribution is 5.85. The third-order valence-corrected chi connectivity index (χ3v) is 4.23. The molecular weight excluding hydrogens is 312 g/mol. The summed E-state index contributed by atoms with van der Waals surface area (Å²) >= 11 is 0. The molecule has 0 bridgehead atoms. The number of hydrogen-bond acceptors (Lipinski definition) is 5. The van der Waals surface area contributed by atoms with Gasteiger partial charge in [0.05, 0.1) is 0 Å². The molecule has 126 valence electrons. The maximum Gasteiger partial charge on any atom is 0.257 e. The minimum atomic E-state index is 0. The topological polar surface area (TPSA) is 54.2 Å². The number of halogens is 1. The van der Waals surface area contributed by atoms with E-state index in [4.69, 9.17) is 4.52 Å². The van der Waals surface area contributed by atoms with Gasteiger partial charge in [-0.05, 0) is 57.6 Å². The zero-order chi connectivity index (χ0) is 15.4. The highest BCUT2D eigenvalue weighted by atomic mass is 35.5. The first kappa shape index (κ1) is 17.9. The van der Waals surface area contributed by atoms with Crippen LogP contribution >= 0.6 is 12.4 Å². The lowest BCUT2D eigenvalue weighted by Gasteiger charge is -2.14. The Bertz CT molecular complexity index is 610. The number of hydrogen-bond donors (Lipinski definition) is 1. The van der Waals surface area contributed by atoms with Crippen LogP contribution in [0, 0.1) is 0 Å². The van der Waals surface area contributed by atoms with Gasteiger partial charge in [0, 0.05) is 24.6 Å². The van der Waals surface area contributed by atoms with Gasteiger partial charge in [-0.25, -0.2) is 0 Å². The van der Waals surface area contributed by atoms with Gasteiger partial charge in [-0.15, -0.1) is 12.4 Å². The highest BCUT2D eigenvalue weighted by Crippen LogP contribution is 2.21. The summed E-state index contributed by atoms with van der Waals surface area (Å²) in [5.41, 5.74) is 2.32. The molecule has 1 fully saturated rings. The number of likely N-dealkylation sites (tertiary alicyclic amines) is 1. The average Bonchev–Trinajstić information content (AvgIpc) is 3.19. The van der Waals surface area contributed by atoms with E-state index in [1.165, 1.54) is 31.5 Å². The molecule has 1 N–H and O–H groups in total. The fraction of sp³-hybridized carbons (Fsp3) is 0.529. The molecule has 2 aromatic rings. The molecule has 0 amide bonds. The maximum atomic E-state index is 5.42. The van der Waals surface area contributed by atoms with Gasteiger partial charge in [0.15, 0.2) is 5.82 Å². The standard InChI is InChI=1S/C17H24N4O.ClH/c1-13(18-2)10-16-19-17(22-20-16)15-7-5-6-14(11-15)12-21-8-3-4-9-21;/h5-7,11,13,18H,3-4,8-10,12H2,1-2H3;1H. The number of likely N-dealkylation sites (N-methyl/N-ethyl adjacent to an activating group) is 1. The summed E-state index contributed by atoms with van der Waals surface area (Å²) in [4.78, 5) is 7.00. The molecule has 1 saturated heterocycles. The molecule has 1 atom stereocenters. The quantitative estimate of drug-likeness (QED) is 0.879. The van der Waals surface area contributed by atoms with E-state index >= 15 is 0 Å². The second-order valence-electron chi connectivity index (χ2n) is 6.09. The van der Waals surface area contributed by atoms with Gasteiger partial charge in [0.2, 0.25) is 0 Å². The molecule has 23 heavy (non-hydrogen) atoms. The Morgan fingerprint density at radius 3 is 2.83 bits per heavy atom. The second kappa shape index (κ2) is 8.43. The zero-order valence-electron chi connectivity index (χ0n) is 13.8. The van der Waals surface area contributed by atoms with Gasteiger partial charge in [-0.1, -0.05) is 17.3 Å². The Labute approximate surface area is 143 Å². The van der Waals surface area contributed by atoms with Crippen molar-refractivity contribution in [2.75, 3.05) is 20.1 Å². The lowest BCUT2D eigenvalue weighted by Crippen LogP contribution is -2.24. The molecule has 3 rings (SSSR count). The van der Waals surface area contributed by atoms with Crippen LogP contribution < -0.4 is 5.32 Å². The fourth-order valence-electron chi connectivity index (χ4n) is 2.83. The third-order valence-electron chi connectivity index (χ3n) is 4.23. The Morgan fingerprint density at radius 1 is 1.30 bits per heavy atom. The molecule has 0 saturated carbocycles. The Kier molecular flexibility index (Phi) is 6.57. The fourth-order valence-corrected chi connectivity index (χ4v) is 2.83. The van der Waals surface area contributed by atoms with E-state index in [9.17, 15) is 0 Å². The van der Waals surface area contributed by atoms with Crippen molar-refractivity contribution in [2.24, 2.45) is 0 Å². The molecule has 5 nitrogen and oxygen atoms in total. The van der Waals surface area contributed by atoms with Crippen molar-refractivity contribution in [2.45, 2.75) is 38.8 Å². The summed E-state index contributed by atoms with van der Waals surface area (Å²) in [6.45, 7) is 5.52. The van der Waals surface area contributed by atoms with Crippen molar-refractivity contribution in [3.05, 3.63) is 35.7 Å². The molecule has 6 heteroatoms. The minimum absolute atomic E-state index is 0. The molecule has 1 aromatic heterocycles. The predicted molar refractivity (Wildman–Crippen MR) is 93.7 cm³/mol. The zero-order valence-corrected chi connectivity index (χ0v) is 14.6. The first-order valence-corrected chi connectivity index (χ1v) is 8.06. The van der Waals surface area contributed by atoms with E-state index in [0.29, 0.717) is 11.9 Å². The minimum Gasteiger partial charge on any atom is -0.334 e. The number of nitrogens with zero attached hydrogens (tertiary/aromatic N) is 3. The van der Waals surface area contributed by atoms with Crippen LogP contribution in [0.1, 0.15) is 31.2 Å². The van der Waals surface area contributed by atoms with Gasteiger partial charge in [0.1, 0.15) is 0 Å². The molecule has 2 heterocycles. The summed E-state index contributed by atoms with van der Waals surface area (Å²) in [5, 5.41) is 7.26. The third kappa shape index (κ3) is 4.77. The molecular formula is C17H25ClN4O. The van der Waals surface area contributed by atoms with Crippen LogP contribution in [0.3, 0.4) is 0 Å². The average molecular weight is 337 g/mol. The molecule has 0 radical (unpaired) electrons. The molecule has 0 spiro atoms. The largest absolute Gasteiger partial charge is 0.334 e. The molecule has 1 aliphatic heterocycles. The number of nitrogens with one attached hydrogen (secondary N) is 1. The summed E-state index contributed by atoms with van der Waals surface area (Å²) in [5.74, 6) is 1.36. The van der Waals surface area contributed by atoms with Crippen molar-refractivity contribution < 1.29 is 4.52 Å². The first-order chi connectivity index (χ1) is 10.7. The van der Waals surface area contributed by atoms with Crippen LogP contribution in [-0.2, 0) is 13.0 Å². The van der Waals surface area contributed by atoms with Gasteiger partial charge in [-0.3, -0.25) is 4.90 Å². The van der Waals surface area contributed by atoms with Gasteiger partial charge in [-0.2, -0.15) is 4.98 Å². The van der Waals surface area contributed by atoms with Gasteiger partial charge in [0.25, 0.3) is 5.89 Å². The number of benzene rings is 1. The van der Waals surface area contributed by atoms with Crippen molar-refractivity contribution in [1.82, 2.24) is 20.4 Å². The van der Waals surface area contributed by atoms with Crippen LogP contribution in [0.2, 0.25) is 0 Å². The number of aromatic nitrogens is 2. The highest BCUT2D eigenvalue weighted by Gasteiger charge is 2.14. The monoisotopic (exact) mass is 336 g/mol. The van der Waals surface area contributed by atoms with Gasteiger partial charge < -0.3 is 9.84 Å². The normalized spacial score (nSPS) is 16.3. The van der Waals surface area contributed by atoms with Crippen molar-refractivity contribution in [3.8, 4) is 11.5 Å². The SMILES string of the molecule is CNC(C)Cc1noc(-c2cccc(CN3CCCC3)c2)n1.Cl. The van der Waals surface area contributed by atoms with Crippen LogP contribution in [-0.4, -0.2) is 41.2 Å². The van der Waals surface area contributed by atoms with E-state index in [1.807, 2.05) is 13.1 Å². The van der Waals surface area contributed by atoms with Crippen LogP contribution in [0.5, 0.6) is 0 Å². The molecule has 1 unspecified atom stereocenters. The van der Waals surface area contributed by atoms with E-state index in [2.05, 4.69) is 45.5 Å². The van der Waals surface area contributed by atoms with Crippen LogP contribution in [0.15, 0.2) is 28.8 Å². The Balaban J connectivity index is 0.00000192. The summed E-state index contributed by atoms with van der Waals surface area (Å²) in [7, 11) is 1.94. The van der Waals surface area contributed by atoms with Gasteiger partial charge >= 0.3 is 0 Å². The Morgan fingerprint density at radius 2 is 2.09 bits per heavy atom. The lowest BCUT2D eigenvalue weighted by atomic mass is 10.1. The molecule has 0 aliphatic carbocycles. The van der Waals surface area contributed by atoms with Crippen molar-refractivity contribution in [3.63, 3.8) is 0 Å². The van der Waals surface area contributed by atoms with E-state index in [0.717, 1.165) is 24.4 Å². The second-order valence-corrected chi connectivity index (χ2v) is 6.09. The van der Waals surface area contributed by atoms with Crippen LogP contribution in [0.25, 0.3) is 11.5 Å². The lowest BCUT2D eigenvalue weighted by molar-refractivity contribution is 0.331. The summed E-state index contributed by atoms with van der Waals surface area (Å²) in [6.07, 6.45) is 3.40. The first-order valence-electron chi connectivity index (χ1n) is 8.06.